The van der Waals surface area contributed by atoms with E-state index < -0.39 is 29.6 Å². The molecule has 1 atom stereocenters. The van der Waals surface area contributed by atoms with Crippen molar-refractivity contribution < 1.29 is 33.7 Å². The number of methoxy groups -OCH3 is 2. The molecule has 4 rings (SSSR count). The Bertz CT molecular complexity index is 1230. The predicted octanol–water partition coefficient (Wildman–Crippen LogP) is 3.79. The lowest BCUT2D eigenvalue weighted by atomic mass is 9.96. The van der Waals surface area contributed by atoms with Gasteiger partial charge < -0.3 is 29.1 Å². The van der Waals surface area contributed by atoms with E-state index in [1.54, 1.807) is 36.2 Å². The number of nitrogens with zero attached hydrogens (tertiary/aromatic N) is 3. The Labute approximate surface area is 219 Å². The molecule has 2 amide bonds. The molecule has 2 fully saturated rings. The van der Waals surface area contributed by atoms with Gasteiger partial charge in [-0.3, -0.25) is 14.6 Å². The highest BCUT2D eigenvalue weighted by molar-refractivity contribution is 6.46. The minimum absolute atomic E-state index is 0.115. The van der Waals surface area contributed by atoms with Crippen LogP contribution in [0.1, 0.15) is 37.1 Å². The number of aromatic nitrogens is 1. The molecule has 1 aromatic heterocycles. The molecule has 2 aliphatic rings. The number of aliphatic hydroxyl groups excluding tert-OH is 1. The van der Waals surface area contributed by atoms with Crippen molar-refractivity contribution in [3.63, 3.8) is 0 Å². The van der Waals surface area contributed by atoms with Gasteiger partial charge in [0, 0.05) is 31.4 Å². The third kappa shape index (κ3) is 4.93. The molecular formula is C26H28ClN3O7. The second-order valence-corrected chi connectivity index (χ2v) is 8.97. The maximum Gasteiger partial charge on any atom is 0.409 e. The van der Waals surface area contributed by atoms with Crippen LogP contribution in [0.2, 0.25) is 5.02 Å². The first kappa shape index (κ1) is 26.3. The van der Waals surface area contributed by atoms with E-state index in [-0.39, 0.29) is 34.6 Å². The van der Waals surface area contributed by atoms with E-state index in [2.05, 4.69) is 4.98 Å². The number of Topliss-reactive ketones (excluding diaryl/α,β-unsaturated/α-hetero) is 1. The summed E-state index contributed by atoms with van der Waals surface area (Å²) in [7, 11) is 2.85. The van der Waals surface area contributed by atoms with Crippen molar-refractivity contribution >= 4 is 35.1 Å². The van der Waals surface area contributed by atoms with Gasteiger partial charge >= 0.3 is 6.09 Å². The van der Waals surface area contributed by atoms with Crippen LogP contribution in [-0.2, 0) is 14.3 Å². The number of aliphatic hydroxyl groups is 1. The summed E-state index contributed by atoms with van der Waals surface area (Å²) >= 11 is 6.31. The summed E-state index contributed by atoms with van der Waals surface area (Å²) in [4.78, 5) is 46.4. The lowest BCUT2D eigenvalue weighted by molar-refractivity contribution is -0.142. The number of piperidine rings is 1. The topological polar surface area (TPSA) is 119 Å². The average molecular weight is 530 g/mol. The van der Waals surface area contributed by atoms with E-state index in [0.717, 1.165) is 0 Å². The number of hydrogen-bond donors (Lipinski definition) is 1. The minimum atomic E-state index is -0.939. The number of rotatable bonds is 6. The van der Waals surface area contributed by atoms with Gasteiger partial charge in [-0.2, -0.15) is 0 Å². The van der Waals surface area contributed by atoms with Gasteiger partial charge in [0.15, 0.2) is 0 Å². The fraction of sp³-hybridized carbons (Fsp3) is 0.385. The average Bonchev–Trinajstić information content (AvgIpc) is 3.19. The van der Waals surface area contributed by atoms with Crippen LogP contribution in [0.5, 0.6) is 11.5 Å². The molecular weight excluding hydrogens is 502 g/mol. The lowest BCUT2D eigenvalue weighted by Crippen LogP contribution is -2.48. The first-order valence-electron chi connectivity index (χ1n) is 11.9. The Hall–Kier alpha value is -3.79. The van der Waals surface area contributed by atoms with Crippen LogP contribution in [0.25, 0.3) is 5.76 Å². The van der Waals surface area contributed by atoms with E-state index >= 15 is 0 Å². The summed E-state index contributed by atoms with van der Waals surface area (Å²) < 4.78 is 15.7. The van der Waals surface area contributed by atoms with Gasteiger partial charge in [-0.15, -0.1) is 0 Å². The fourth-order valence-corrected chi connectivity index (χ4v) is 5.03. The summed E-state index contributed by atoms with van der Waals surface area (Å²) in [6.45, 7) is 2.74. The largest absolute Gasteiger partial charge is 0.507 e. The molecule has 1 N–H and O–H groups in total. The van der Waals surface area contributed by atoms with Crippen LogP contribution >= 0.6 is 11.6 Å². The van der Waals surface area contributed by atoms with Crippen LogP contribution in [0.4, 0.5) is 4.79 Å². The quantitative estimate of drug-likeness (QED) is 0.341. The number of likely N-dealkylation sites (tertiary alicyclic amines) is 2. The Morgan fingerprint density at radius 3 is 2.43 bits per heavy atom. The van der Waals surface area contributed by atoms with Gasteiger partial charge in [-0.1, -0.05) is 17.7 Å². The van der Waals surface area contributed by atoms with E-state index in [9.17, 15) is 19.5 Å². The highest BCUT2D eigenvalue weighted by atomic mass is 35.5. The lowest BCUT2D eigenvalue weighted by Gasteiger charge is -2.38. The fourth-order valence-electron chi connectivity index (χ4n) is 4.79. The van der Waals surface area contributed by atoms with Crippen molar-refractivity contribution in [1.29, 1.82) is 0 Å². The summed E-state index contributed by atoms with van der Waals surface area (Å²) in [5, 5.41) is 11.6. The highest BCUT2D eigenvalue weighted by Crippen LogP contribution is 2.44. The molecule has 0 saturated carbocycles. The van der Waals surface area contributed by atoms with Crippen molar-refractivity contribution in [3.05, 3.63) is 58.4 Å². The third-order valence-electron chi connectivity index (χ3n) is 6.56. The number of carbonyl (C=O) groups excluding carboxylic acids is 3. The second kappa shape index (κ2) is 11.1. The molecule has 2 saturated heterocycles. The maximum atomic E-state index is 13.4. The summed E-state index contributed by atoms with van der Waals surface area (Å²) in [5.74, 6) is -1.47. The number of pyridine rings is 1. The molecule has 0 bridgehead atoms. The Morgan fingerprint density at radius 1 is 1.14 bits per heavy atom. The Morgan fingerprint density at radius 2 is 1.84 bits per heavy atom. The van der Waals surface area contributed by atoms with Crippen LogP contribution in [0.15, 0.2) is 42.1 Å². The van der Waals surface area contributed by atoms with Gasteiger partial charge in [0.05, 0.1) is 42.7 Å². The summed E-state index contributed by atoms with van der Waals surface area (Å²) in [6.07, 6.45) is 2.02. The monoisotopic (exact) mass is 529 g/mol. The van der Waals surface area contributed by atoms with Gasteiger partial charge in [0.25, 0.3) is 11.7 Å². The van der Waals surface area contributed by atoms with Crippen molar-refractivity contribution in [1.82, 2.24) is 14.8 Å². The van der Waals surface area contributed by atoms with Crippen molar-refractivity contribution in [2.75, 3.05) is 33.9 Å². The molecule has 11 heteroatoms. The maximum absolute atomic E-state index is 13.4. The number of ether oxygens (including phenoxy) is 3. The van der Waals surface area contributed by atoms with E-state index in [0.29, 0.717) is 37.4 Å². The molecule has 2 aliphatic heterocycles. The van der Waals surface area contributed by atoms with E-state index in [1.165, 1.54) is 31.3 Å². The number of carbonyl (C=O) groups is 3. The minimum Gasteiger partial charge on any atom is -0.507 e. The molecule has 0 aliphatic carbocycles. The van der Waals surface area contributed by atoms with Gasteiger partial charge in [0.1, 0.15) is 23.3 Å². The first-order valence-corrected chi connectivity index (χ1v) is 12.2. The molecule has 196 valence electrons. The highest BCUT2D eigenvalue weighted by Gasteiger charge is 2.50. The summed E-state index contributed by atoms with van der Waals surface area (Å²) in [5.41, 5.74) is 0.454. The molecule has 1 aromatic carbocycles. The second-order valence-electron chi connectivity index (χ2n) is 8.57. The SMILES string of the molecule is CCOC(=O)N1CCC(N2C(=O)C(=O)/C(=C(/O)c3cc(Cl)c(OC)cc3OC)C2c2ccccn2)CC1. The van der Waals surface area contributed by atoms with Crippen LogP contribution in [-0.4, -0.2) is 77.6 Å². The first-order chi connectivity index (χ1) is 17.8. The molecule has 2 aromatic rings. The van der Waals surface area contributed by atoms with Crippen molar-refractivity contribution in [2.24, 2.45) is 0 Å². The number of halogens is 1. The molecule has 10 nitrogen and oxygen atoms in total. The number of ketones is 1. The number of hydrogen-bond acceptors (Lipinski definition) is 8. The van der Waals surface area contributed by atoms with Gasteiger partial charge in [-0.25, -0.2) is 4.79 Å². The van der Waals surface area contributed by atoms with Crippen LogP contribution < -0.4 is 9.47 Å². The van der Waals surface area contributed by atoms with Crippen molar-refractivity contribution in [2.45, 2.75) is 31.8 Å². The standard InChI is InChI=1S/C26H28ClN3O7/c1-4-37-26(34)29-11-8-15(9-12-29)30-22(18-7-5-6-10-28-18)21(24(32)25(30)33)23(31)16-13-17(27)20(36-3)14-19(16)35-2/h5-7,10,13-15,22,31H,4,8-9,11-12H2,1-3H3/b23-21+. The molecule has 3 heterocycles. The zero-order valence-corrected chi connectivity index (χ0v) is 21.5. The Kier molecular flexibility index (Phi) is 7.87. The van der Waals surface area contributed by atoms with E-state index in [1.807, 2.05) is 0 Å². The molecule has 0 spiro atoms. The zero-order valence-electron chi connectivity index (χ0n) is 20.8. The third-order valence-corrected chi connectivity index (χ3v) is 6.86. The smallest absolute Gasteiger partial charge is 0.409 e. The Balaban J connectivity index is 1.78. The number of benzene rings is 1. The zero-order chi connectivity index (χ0) is 26.7. The molecule has 37 heavy (non-hydrogen) atoms. The predicted molar refractivity (Wildman–Crippen MR) is 135 cm³/mol. The van der Waals surface area contributed by atoms with Crippen LogP contribution in [0.3, 0.4) is 0 Å². The normalized spacial score (nSPS) is 19.7. The van der Waals surface area contributed by atoms with Crippen LogP contribution in [0, 0.1) is 0 Å². The summed E-state index contributed by atoms with van der Waals surface area (Å²) in [6, 6.07) is 6.79. The number of amides is 2. The van der Waals surface area contributed by atoms with Crippen molar-refractivity contribution in [3.8, 4) is 11.5 Å². The van der Waals surface area contributed by atoms with Gasteiger partial charge in [-0.05, 0) is 38.0 Å². The van der Waals surface area contributed by atoms with E-state index in [4.69, 9.17) is 25.8 Å². The molecule has 1 unspecified atom stereocenters. The molecule has 0 radical (unpaired) electrons. The van der Waals surface area contributed by atoms with Gasteiger partial charge in [0.2, 0.25) is 0 Å².